The van der Waals surface area contributed by atoms with Crippen molar-refractivity contribution in [3.8, 4) is 0 Å². The van der Waals surface area contributed by atoms with Crippen molar-refractivity contribution in [2.75, 3.05) is 0 Å². The van der Waals surface area contributed by atoms with Gasteiger partial charge >= 0.3 is 214 Å². The topological polar surface area (TPSA) is 86.3 Å². The molecule has 1 aliphatic heterocycles. The summed E-state index contributed by atoms with van der Waals surface area (Å²) in [4.78, 5) is 25.2. The van der Waals surface area contributed by atoms with E-state index in [1.807, 2.05) is 60.7 Å². The van der Waals surface area contributed by atoms with E-state index in [1.54, 1.807) is 60.7 Å². The van der Waals surface area contributed by atoms with E-state index in [2.05, 4.69) is 0 Å². The van der Waals surface area contributed by atoms with Gasteiger partial charge in [-0.25, -0.2) is 0 Å². The van der Waals surface area contributed by atoms with Crippen molar-refractivity contribution in [1.82, 2.24) is 0 Å². The van der Waals surface area contributed by atoms with Crippen LogP contribution in [0.2, 0.25) is 0 Å². The van der Waals surface area contributed by atoms with Crippen LogP contribution in [0.1, 0.15) is 22.3 Å². The number of hydrogen-bond acceptors (Lipinski definition) is 4. The van der Waals surface area contributed by atoms with E-state index in [-0.39, 0.29) is 11.4 Å². The van der Waals surface area contributed by atoms with Crippen LogP contribution < -0.4 is 0 Å². The maximum absolute atomic E-state index is 13.0. The van der Waals surface area contributed by atoms with Gasteiger partial charge in [-0.05, 0) is 0 Å². The molecule has 0 atom stereocenters. The standard InChI is InChI=1S/C29H20N2O4Se/c32-30(33)27-25(21-13-5-1-6-14-21)36-26(22-15-7-2-8-16-22)28(31(34)35)29(27,23-17-9-3-10-18-23)24-19-11-4-12-20-24/h1-20H. The zero-order valence-electron chi connectivity index (χ0n) is 19.0. The molecule has 5 rings (SSSR count). The third-order valence-electron chi connectivity index (χ3n) is 6.20. The Kier molecular flexibility index (Phi) is 6.34. The average molecular weight is 539 g/mol. The van der Waals surface area contributed by atoms with Crippen LogP contribution in [-0.2, 0) is 5.41 Å². The minimum atomic E-state index is -1.73. The molecule has 0 aliphatic carbocycles. The summed E-state index contributed by atoms with van der Waals surface area (Å²) in [5.74, 6) is 0. The van der Waals surface area contributed by atoms with Gasteiger partial charge in [0.05, 0.1) is 0 Å². The first-order valence-corrected chi connectivity index (χ1v) is 12.9. The molecule has 0 bridgehead atoms. The van der Waals surface area contributed by atoms with Crippen molar-refractivity contribution in [3.05, 3.63) is 175 Å². The molecule has 0 radical (unpaired) electrons. The molecular formula is C29H20N2O4Se. The molecule has 0 saturated heterocycles. The molecule has 7 heteroatoms. The average Bonchev–Trinajstić information content (AvgIpc) is 2.93. The molecule has 0 spiro atoms. The monoisotopic (exact) mass is 540 g/mol. The second-order valence-electron chi connectivity index (χ2n) is 8.19. The molecule has 176 valence electrons. The zero-order valence-corrected chi connectivity index (χ0v) is 20.7. The van der Waals surface area contributed by atoms with Gasteiger partial charge in [0, 0.05) is 0 Å². The van der Waals surface area contributed by atoms with Gasteiger partial charge in [-0.3, -0.25) is 0 Å². The Balaban J connectivity index is 2.03. The summed E-state index contributed by atoms with van der Waals surface area (Å²) in [5.41, 5.74) is 0.271. The van der Waals surface area contributed by atoms with Crippen molar-refractivity contribution >= 4 is 23.9 Å². The second kappa shape index (κ2) is 9.74. The summed E-state index contributed by atoms with van der Waals surface area (Å²) in [6.45, 7) is 0. The van der Waals surface area contributed by atoms with Crippen molar-refractivity contribution < 1.29 is 9.85 Å². The molecule has 0 saturated carbocycles. The summed E-state index contributed by atoms with van der Waals surface area (Å²) >= 11 is -0.708. The summed E-state index contributed by atoms with van der Waals surface area (Å²) in [6, 6.07) is 36.0. The predicted octanol–water partition coefficient (Wildman–Crippen LogP) is 5.98. The van der Waals surface area contributed by atoms with Gasteiger partial charge < -0.3 is 0 Å². The third kappa shape index (κ3) is 3.85. The summed E-state index contributed by atoms with van der Waals surface area (Å²) in [5, 5.41) is 26.0. The normalized spacial score (nSPS) is 15.0. The predicted molar refractivity (Wildman–Crippen MR) is 140 cm³/mol. The molecule has 36 heavy (non-hydrogen) atoms. The van der Waals surface area contributed by atoms with Crippen LogP contribution >= 0.6 is 0 Å². The van der Waals surface area contributed by atoms with Crippen molar-refractivity contribution in [3.63, 3.8) is 0 Å². The zero-order chi connectivity index (χ0) is 25.1. The number of nitrogens with zero attached hydrogens (tertiary/aromatic N) is 2. The van der Waals surface area contributed by atoms with Gasteiger partial charge in [0.15, 0.2) is 0 Å². The first-order chi connectivity index (χ1) is 17.5. The number of nitro groups is 2. The van der Waals surface area contributed by atoms with Gasteiger partial charge in [0.2, 0.25) is 0 Å². The SMILES string of the molecule is O=[N+]([O-])C1=C(c2ccccc2)[Se]C(c2ccccc2)=C([N+](=O)[O-])C1(c1ccccc1)c1ccccc1. The fourth-order valence-corrected chi connectivity index (χ4v) is 7.61. The van der Waals surface area contributed by atoms with Crippen molar-refractivity contribution in [2.24, 2.45) is 0 Å². The Hall–Kier alpha value is -4.32. The number of hydrogen-bond donors (Lipinski definition) is 0. The molecular weight excluding hydrogens is 519 g/mol. The van der Waals surface area contributed by atoms with Crippen LogP contribution in [0, 0.1) is 20.2 Å². The van der Waals surface area contributed by atoms with E-state index < -0.39 is 30.2 Å². The molecule has 1 heterocycles. The molecule has 0 N–H and O–H groups in total. The quantitative estimate of drug-likeness (QED) is 0.171. The molecule has 0 fully saturated rings. The van der Waals surface area contributed by atoms with E-state index in [1.165, 1.54) is 0 Å². The Morgan fingerprint density at radius 3 is 1.11 bits per heavy atom. The Morgan fingerprint density at radius 2 is 0.806 bits per heavy atom. The first kappa shape index (κ1) is 23.4. The van der Waals surface area contributed by atoms with Gasteiger partial charge in [0.25, 0.3) is 0 Å². The maximum atomic E-state index is 13.0. The fourth-order valence-electron chi connectivity index (χ4n) is 4.75. The minimum absolute atomic E-state index is 0.169. The van der Waals surface area contributed by atoms with Crippen LogP contribution in [0.3, 0.4) is 0 Å². The fraction of sp³-hybridized carbons (Fsp3) is 0.0345. The number of benzene rings is 4. The van der Waals surface area contributed by atoms with Crippen LogP contribution in [0.4, 0.5) is 0 Å². The molecule has 6 nitrogen and oxygen atoms in total. The van der Waals surface area contributed by atoms with Crippen LogP contribution in [0.15, 0.2) is 133 Å². The Morgan fingerprint density at radius 1 is 0.500 bits per heavy atom. The van der Waals surface area contributed by atoms with Crippen LogP contribution in [0.5, 0.6) is 0 Å². The first-order valence-electron chi connectivity index (χ1n) is 11.2. The van der Waals surface area contributed by atoms with Crippen LogP contribution in [-0.4, -0.2) is 24.8 Å². The van der Waals surface area contributed by atoms with E-state index >= 15 is 0 Å². The molecule has 1 aliphatic rings. The Labute approximate surface area is 214 Å². The van der Waals surface area contributed by atoms with Crippen LogP contribution in [0.25, 0.3) is 8.94 Å². The van der Waals surface area contributed by atoms with E-state index in [9.17, 15) is 20.2 Å². The van der Waals surface area contributed by atoms with Gasteiger partial charge in [-0.15, -0.1) is 0 Å². The number of rotatable bonds is 6. The Bertz CT molecular complexity index is 1370. The van der Waals surface area contributed by atoms with Gasteiger partial charge in [0.1, 0.15) is 0 Å². The summed E-state index contributed by atoms with van der Waals surface area (Å²) < 4.78 is 1.04. The van der Waals surface area contributed by atoms with E-state index in [0.29, 0.717) is 31.2 Å². The van der Waals surface area contributed by atoms with Gasteiger partial charge in [-0.2, -0.15) is 0 Å². The van der Waals surface area contributed by atoms with Gasteiger partial charge in [-0.1, -0.05) is 0 Å². The summed E-state index contributed by atoms with van der Waals surface area (Å²) in [7, 11) is 0. The second-order valence-corrected chi connectivity index (χ2v) is 10.3. The molecule has 0 amide bonds. The van der Waals surface area contributed by atoms with E-state index in [0.717, 1.165) is 0 Å². The molecule has 4 aromatic rings. The summed E-state index contributed by atoms with van der Waals surface area (Å²) in [6.07, 6.45) is 0. The van der Waals surface area contributed by atoms with E-state index in [4.69, 9.17) is 0 Å². The van der Waals surface area contributed by atoms with Crippen molar-refractivity contribution in [2.45, 2.75) is 5.41 Å². The third-order valence-corrected chi connectivity index (χ3v) is 8.85. The molecule has 0 unspecified atom stereocenters. The van der Waals surface area contributed by atoms with Crippen molar-refractivity contribution in [1.29, 1.82) is 0 Å². The molecule has 0 aromatic heterocycles. The molecule has 4 aromatic carbocycles.